The summed E-state index contributed by atoms with van der Waals surface area (Å²) in [5.41, 5.74) is 1.33. The van der Waals surface area contributed by atoms with Gasteiger partial charge >= 0.3 is 0 Å². The number of hydrogen-bond donors (Lipinski definition) is 1. The molecule has 0 saturated heterocycles. The first-order chi connectivity index (χ1) is 6.22. The van der Waals surface area contributed by atoms with Gasteiger partial charge in [0, 0.05) is 6.54 Å². The van der Waals surface area contributed by atoms with Gasteiger partial charge in [-0.15, -0.1) is 0 Å². The van der Waals surface area contributed by atoms with Gasteiger partial charge in [0.2, 0.25) is 0 Å². The zero-order valence-corrected chi connectivity index (χ0v) is 9.53. The maximum atomic E-state index is 4.05. The topological polar surface area (TPSA) is 12.0 Å². The molecule has 0 bridgehead atoms. The summed E-state index contributed by atoms with van der Waals surface area (Å²) in [6.07, 6.45) is 5.32. The molecule has 0 spiro atoms. The molecular formula is C12H25N. The number of unbranched alkanes of at least 4 members (excludes halogenated alkanes) is 2. The summed E-state index contributed by atoms with van der Waals surface area (Å²) in [7, 11) is 0. The SMILES string of the molecule is C=C(C)C(CCCCC)CNCC. The average molecular weight is 183 g/mol. The van der Waals surface area contributed by atoms with Crippen molar-refractivity contribution in [1.82, 2.24) is 5.32 Å². The van der Waals surface area contributed by atoms with Crippen LogP contribution in [0.4, 0.5) is 0 Å². The largest absolute Gasteiger partial charge is 0.316 e. The second-order valence-corrected chi connectivity index (χ2v) is 3.85. The summed E-state index contributed by atoms with van der Waals surface area (Å²) < 4.78 is 0. The van der Waals surface area contributed by atoms with E-state index < -0.39 is 0 Å². The molecule has 0 amide bonds. The van der Waals surface area contributed by atoms with Crippen molar-refractivity contribution in [3.8, 4) is 0 Å². The van der Waals surface area contributed by atoms with Crippen LogP contribution in [0.25, 0.3) is 0 Å². The van der Waals surface area contributed by atoms with E-state index in [0.717, 1.165) is 13.1 Å². The molecule has 1 N–H and O–H groups in total. The van der Waals surface area contributed by atoms with Gasteiger partial charge in [-0.25, -0.2) is 0 Å². The normalized spacial score (nSPS) is 12.8. The van der Waals surface area contributed by atoms with E-state index in [1.165, 1.54) is 31.3 Å². The second-order valence-electron chi connectivity index (χ2n) is 3.85. The Bertz CT molecular complexity index is 129. The van der Waals surface area contributed by atoms with Crippen molar-refractivity contribution in [2.45, 2.75) is 46.5 Å². The van der Waals surface area contributed by atoms with Crippen LogP contribution in [0.2, 0.25) is 0 Å². The summed E-state index contributed by atoms with van der Waals surface area (Å²) in [5.74, 6) is 0.687. The molecule has 0 aromatic rings. The van der Waals surface area contributed by atoms with Gasteiger partial charge in [0.1, 0.15) is 0 Å². The molecule has 0 aliphatic rings. The number of hydrogen-bond acceptors (Lipinski definition) is 1. The molecule has 0 heterocycles. The molecule has 0 fully saturated rings. The maximum Gasteiger partial charge on any atom is 0.00165 e. The quantitative estimate of drug-likeness (QED) is 0.449. The van der Waals surface area contributed by atoms with Crippen LogP contribution >= 0.6 is 0 Å². The summed E-state index contributed by atoms with van der Waals surface area (Å²) in [6.45, 7) is 12.8. The number of rotatable bonds is 8. The minimum atomic E-state index is 0.687. The minimum Gasteiger partial charge on any atom is -0.316 e. The maximum absolute atomic E-state index is 4.05. The van der Waals surface area contributed by atoms with Gasteiger partial charge in [-0.05, 0) is 25.8 Å². The number of nitrogens with one attached hydrogen (secondary N) is 1. The lowest BCUT2D eigenvalue weighted by atomic mass is 9.95. The first kappa shape index (κ1) is 12.7. The third kappa shape index (κ3) is 6.83. The van der Waals surface area contributed by atoms with Gasteiger partial charge < -0.3 is 5.32 Å². The van der Waals surface area contributed by atoms with Crippen molar-refractivity contribution in [2.24, 2.45) is 5.92 Å². The van der Waals surface area contributed by atoms with Crippen molar-refractivity contribution >= 4 is 0 Å². The van der Waals surface area contributed by atoms with E-state index in [4.69, 9.17) is 0 Å². The molecular weight excluding hydrogens is 158 g/mol. The molecule has 1 heteroatoms. The Balaban J connectivity index is 3.61. The van der Waals surface area contributed by atoms with Crippen LogP contribution in [-0.2, 0) is 0 Å². The van der Waals surface area contributed by atoms with Crippen molar-refractivity contribution in [3.05, 3.63) is 12.2 Å². The highest BCUT2D eigenvalue weighted by molar-refractivity contribution is 4.96. The van der Waals surface area contributed by atoms with Crippen LogP contribution in [0.3, 0.4) is 0 Å². The van der Waals surface area contributed by atoms with E-state index >= 15 is 0 Å². The molecule has 78 valence electrons. The van der Waals surface area contributed by atoms with Crippen LogP contribution in [0.1, 0.15) is 46.5 Å². The molecule has 1 atom stereocenters. The lowest BCUT2D eigenvalue weighted by molar-refractivity contribution is 0.484. The summed E-state index contributed by atoms with van der Waals surface area (Å²) in [6, 6.07) is 0. The van der Waals surface area contributed by atoms with Crippen LogP contribution in [0.5, 0.6) is 0 Å². The highest BCUT2D eigenvalue weighted by atomic mass is 14.8. The van der Waals surface area contributed by atoms with Gasteiger partial charge in [0.15, 0.2) is 0 Å². The van der Waals surface area contributed by atoms with Crippen molar-refractivity contribution in [2.75, 3.05) is 13.1 Å². The van der Waals surface area contributed by atoms with Crippen LogP contribution < -0.4 is 5.32 Å². The smallest absolute Gasteiger partial charge is 0.00165 e. The average Bonchev–Trinajstić information content (AvgIpc) is 2.10. The zero-order valence-electron chi connectivity index (χ0n) is 9.53. The first-order valence-electron chi connectivity index (χ1n) is 5.58. The van der Waals surface area contributed by atoms with Crippen LogP contribution in [0, 0.1) is 5.92 Å². The minimum absolute atomic E-state index is 0.687. The Labute approximate surface area is 83.6 Å². The molecule has 1 nitrogen and oxygen atoms in total. The molecule has 0 aromatic carbocycles. The van der Waals surface area contributed by atoms with Gasteiger partial charge in [-0.1, -0.05) is 45.3 Å². The van der Waals surface area contributed by atoms with Crippen molar-refractivity contribution in [1.29, 1.82) is 0 Å². The van der Waals surface area contributed by atoms with Crippen LogP contribution in [-0.4, -0.2) is 13.1 Å². The summed E-state index contributed by atoms with van der Waals surface area (Å²) in [4.78, 5) is 0. The third-order valence-corrected chi connectivity index (χ3v) is 2.49. The fraction of sp³-hybridized carbons (Fsp3) is 0.833. The molecule has 13 heavy (non-hydrogen) atoms. The van der Waals surface area contributed by atoms with Gasteiger partial charge in [0.05, 0.1) is 0 Å². The summed E-state index contributed by atoms with van der Waals surface area (Å²) >= 11 is 0. The van der Waals surface area contributed by atoms with E-state index in [0.29, 0.717) is 5.92 Å². The molecule has 0 rings (SSSR count). The Morgan fingerprint density at radius 3 is 2.46 bits per heavy atom. The molecule has 0 radical (unpaired) electrons. The molecule has 0 aliphatic carbocycles. The zero-order chi connectivity index (χ0) is 10.1. The Morgan fingerprint density at radius 2 is 2.00 bits per heavy atom. The van der Waals surface area contributed by atoms with Gasteiger partial charge in [-0.3, -0.25) is 0 Å². The Morgan fingerprint density at radius 1 is 1.31 bits per heavy atom. The van der Waals surface area contributed by atoms with Crippen LogP contribution in [0.15, 0.2) is 12.2 Å². The highest BCUT2D eigenvalue weighted by Gasteiger charge is 2.07. The monoisotopic (exact) mass is 183 g/mol. The first-order valence-corrected chi connectivity index (χ1v) is 5.58. The van der Waals surface area contributed by atoms with E-state index in [1.807, 2.05) is 0 Å². The van der Waals surface area contributed by atoms with Gasteiger partial charge in [0.25, 0.3) is 0 Å². The lowest BCUT2D eigenvalue weighted by Gasteiger charge is -2.16. The van der Waals surface area contributed by atoms with Crippen molar-refractivity contribution < 1.29 is 0 Å². The van der Waals surface area contributed by atoms with Crippen molar-refractivity contribution in [3.63, 3.8) is 0 Å². The highest BCUT2D eigenvalue weighted by Crippen LogP contribution is 2.16. The lowest BCUT2D eigenvalue weighted by Crippen LogP contribution is -2.23. The molecule has 0 saturated carbocycles. The fourth-order valence-corrected chi connectivity index (χ4v) is 1.48. The van der Waals surface area contributed by atoms with E-state index in [2.05, 4.69) is 32.7 Å². The third-order valence-electron chi connectivity index (χ3n) is 2.49. The fourth-order valence-electron chi connectivity index (χ4n) is 1.48. The van der Waals surface area contributed by atoms with Gasteiger partial charge in [-0.2, -0.15) is 0 Å². The molecule has 0 aromatic heterocycles. The van der Waals surface area contributed by atoms with E-state index in [-0.39, 0.29) is 0 Å². The van der Waals surface area contributed by atoms with E-state index in [1.54, 1.807) is 0 Å². The van der Waals surface area contributed by atoms with E-state index in [9.17, 15) is 0 Å². The predicted octanol–water partition coefficient (Wildman–Crippen LogP) is 3.37. The molecule has 1 unspecified atom stereocenters. The Kier molecular flexibility index (Phi) is 8.11. The molecule has 0 aliphatic heterocycles. The Hall–Kier alpha value is -0.300. The summed E-state index contributed by atoms with van der Waals surface area (Å²) in [5, 5.41) is 3.40. The standard InChI is InChI=1S/C12H25N/c1-5-7-8-9-12(11(3)4)10-13-6-2/h12-13H,3,5-10H2,1-2,4H3. The predicted molar refractivity (Wildman–Crippen MR) is 61.0 cm³/mol. The second kappa shape index (κ2) is 8.31.